The van der Waals surface area contributed by atoms with Crippen molar-refractivity contribution in [3.05, 3.63) is 75.9 Å². The van der Waals surface area contributed by atoms with Crippen molar-refractivity contribution in [3.63, 3.8) is 0 Å². The summed E-state index contributed by atoms with van der Waals surface area (Å²) in [6, 6.07) is 7.11. The minimum atomic E-state index is -4.55. The van der Waals surface area contributed by atoms with E-state index in [0.717, 1.165) is 24.5 Å². The summed E-state index contributed by atoms with van der Waals surface area (Å²) in [5.41, 5.74) is -0.420. The van der Waals surface area contributed by atoms with Gasteiger partial charge in [0.1, 0.15) is 28.6 Å². The molecular weight excluding hydrogens is 614 g/mol. The number of halogens is 6. The molecule has 3 aromatic rings. The number of hydrogen-bond donors (Lipinski definition) is 1. The first-order valence-corrected chi connectivity index (χ1v) is 15.2. The Hall–Kier alpha value is -2.24. The summed E-state index contributed by atoms with van der Waals surface area (Å²) in [4.78, 5) is 8.77. The molecule has 4 rings (SSSR count). The Morgan fingerprint density at radius 1 is 1.15 bits per heavy atom. The summed E-state index contributed by atoms with van der Waals surface area (Å²) in [6.45, 7) is 0. The second kappa shape index (κ2) is 12.3. The zero-order chi connectivity index (χ0) is 29.2. The van der Waals surface area contributed by atoms with Crippen LogP contribution in [0.1, 0.15) is 36.3 Å². The van der Waals surface area contributed by atoms with Crippen molar-refractivity contribution >= 4 is 47.9 Å². The maximum Gasteiger partial charge on any atom is 0.417 e. The molecule has 4 atom stereocenters. The van der Waals surface area contributed by atoms with Crippen molar-refractivity contribution in [1.82, 2.24) is 14.9 Å². The van der Waals surface area contributed by atoms with Crippen molar-refractivity contribution in [2.45, 2.75) is 48.0 Å². The van der Waals surface area contributed by atoms with Crippen LogP contribution in [0.3, 0.4) is 0 Å². The van der Waals surface area contributed by atoms with Gasteiger partial charge in [-0.15, -0.1) is 0 Å². The van der Waals surface area contributed by atoms with Crippen LogP contribution in [-0.4, -0.2) is 49.1 Å². The van der Waals surface area contributed by atoms with Crippen LogP contribution in [-0.2, 0) is 16.2 Å². The molecule has 1 aliphatic rings. The van der Waals surface area contributed by atoms with E-state index in [1.165, 1.54) is 18.3 Å². The Kier molecular flexibility index (Phi) is 9.46. The third-order valence-corrected chi connectivity index (χ3v) is 10.1. The molecule has 1 fully saturated rings. The third-order valence-electron chi connectivity index (χ3n) is 6.67. The Morgan fingerprint density at radius 3 is 2.55 bits per heavy atom. The largest absolute Gasteiger partial charge is 0.475 e. The Balaban J connectivity index is 1.47. The second-order valence-electron chi connectivity index (χ2n) is 9.49. The number of anilines is 1. The SMILES string of the molecule is CN(C)[C@H]1C[C@@H](c2cccc(C(F)(F)F)c2Cl)CC[C@@H]1POc1cc(F)c(S(=O)(=O)Nc2ccncn2)cc1Cl. The average Bonchev–Trinajstić information content (AvgIpc) is 2.88. The highest BCUT2D eigenvalue weighted by Gasteiger charge is 2.38. The number of rotatable bonds is 8. The summed E-state index contributed by atoms with van der Waals surface area (Å²) in [7, 11) is -0.756. The van der Waals surface area contributed by atoms with Crippen molar-refractivity contribution in [2.75, 3.05) is 18.8 Å². The molecule has 0 spiro atoms. The topological polar surface area (TPSA) is 84.4 Å². The van der Waals surface area contributed by atoms with Crippen LogP contribution >= 0.6 is 32.0 Å². The molecule has 40 heavy (non-hydrogen) atoms. The van der Waals surface area contributed by atoms with Crippen LogP contribution in [0.5, 0.6) is 5.75 Å². The molecule has 1 heterocycles. The lowest BCUT2D eigenvalue weighted by Gasteiger charge is -2.40. The van der Waals surface area contributed by atoms with Gasteiger partial charge in [-0.05, 0) is 63.0 Å². The molecule has 7 nitrogen and oxygen atoms in total. The van der Waals surface area contributed by atoms with Crippen LogP contribution < -0.4 is 9.25 Å². The predicted octanol–water partition coefficient (Wildman–Crippen LogP) is 6.98. The zero-order valence-corrected chi connectivity index (χ0v) is 24.5. The van der Waals surface area contributed by atoms with Crippen molar-refractivity contribution in [1.29, 1.82) is 0 Å². The lowest BCUT2D eigenvalue weighted by molar-refractivity contribution is -0.137. The van der Waals surface area contributed by atoms with Crippen LogP contribution in [0, 0.1) is 5.82 Å². The van der Waals surface area contributed by atoms with E-state index in [1.54, 1.807) is 6.07 Å². The van der Waals surface area contributed by atoms with Crippen LogP contribution in [0.4, 0.5) is 23.4 Å². The first-order valence-electron chi connectivity index (χ1n) is 12.0. The highest BCUT2D eigenvalue weighted by atomic mass is 35.5. The molecule has 1 N–H and O–H groups in total. The fraction of sp³-hybridized carbons (Fsp3) is 0.360. The Labute approximate surface area is 241 Å². The molecule has 15 heteroatoms. The molecule has 2 aromatic carbocycles. The molecule has 0 radical (unpaired) electrons. The van der Waals surface area contributed by atoms with Crippen molar-refractivity contribution in [3.8, 4) is 5.75 Å². The number of aromatic nitrogens is 2. The molecule has 1 aromatic heterocycles. The minimum absolute atomic E-state index is 0.0148. The monoisotopic (exact) mass is 638 g/mol. The number of nitrogens with zero attached hydrogens (tertiary/aromatic N) is 3. The molecule has 1 unspecified atom stereocenters. The molecule has 216 valence electrons. The highest BCUT2D eigenvalue weighted by molar-refractivity contribution is 7.92. The molecule has 0 amide bonds. The fourth-order valence-corrected chi connectivity index (χ4v) is 7.84. The summed E-state index contributed by atoms with van der Waals surface area (Å²) in [6.07, 6.45) is -0.330. The van der Waals surface area contributed by atoms with E-state index in [-0.39, 0.29) is 48.0 Å². The Bertz CT molecular complexity index is 1470. The fourth-order valence-electron chi connectivity index (χ4n) is 4.70. The molecule has 1 saturated carbocycles. The second-order valence-corrected chi connectivity index (χ2v) is 13.1. The zero-order valence-electron chi connectivity index (χ0n) is 21.2. The van der Waals surface area contributed by atoms with Gasteiger partial charge in [0.15, 0.2) is 0 Å². The van der Waals surface area contributed by atoms with E-state index in [2.05, 4.69) is 14.7 Å². The normalized spacial score (nSPS) is 20.3. The Morgan fingerprint density at radius 2 is 1.90 bits per heavy atom. The van der Waals surface area contributed by atoms with E-state index in [1.807, 2.05) is 19.0 Å². The first-order chi connectivity index (χ1) is 18.8. The molecule has 1 aliphatic carbocycles. The summed E-state index contributed by atoms with van der Waals surface area (Å²) in [5.74, 6) is -1.29. The maximum atomic E-state index is 14.9. The summed E-state index contributed by atoms with van der Waals surface area (Å²) >= 11 is 12.5. The lowest BCUT2D eigenvalue weighted by atomic mass is 9.80. The van der Waals surface area contributed by atoms with Gasteiger partial charge in [0.05, 0.1) is 24.4 Å². The minimum Gasteiger partial charge on any atom is -0.475 e. The van der Waals surface area contributed by atoms with E-state index >= 15 is 0 Å². The number of benzene rings is 2. The number of alkyl halides is 3. The van der Waals surface area contributed by atoms with E-state index in [9.17, 15) is 26.0 Å². The quantitative estimate of drug-likeness (QED) is 0.212. The van der Waals surface area contributed by atoms with Gasteiger partial charge in [-0.1, -0.05) is 35.3 Å². The molecule has 0 aliphatic heterocycles. The number of sulfonamides is 1. The predicted molar refractivity (Wildman–Crippen MR) is 148 cm³/mol. The third kappa shape index (κ3) is 6.97. The maximum absolute atomic E-state index is 14.9. The molecular formula is C25H25Cl2F4N4O3PS. The van der Waals surface area contributed by atoms with Crippen LogP contribution in [0.2, 0.25) is 10.0 Å². The van der Waals surface area contributed by atoms with Gasteiger partial charge in [-0.25, -0.2) is 22.8 Å². The summed E-state index contributed by atoms with van der Waals surface area (Å²) < 4.78 is 88.4. The first kappa shape index (κ1) is 30.7. The van der Waals surface area contributed by atoms with E-state index in [4.69, 9.17) is 27.7 Å². The van der Waals surface area contributed by atoms with Gasteiger partial charge in [0.2, 0.25) is 0 Å². The molecule has 0 saturated heterocycles. The van der Waals surface area contributed by atoms with Gasteiger partial charge >= 0.3 is 6.18 Å². The van der Waals surface area contributed by atoms with Gasteiger partial charge in [-0.2, -0.15) is 13.2 Å². The van der Waals surface area contributed by atoms with Crippen molar-refractivity contribution in [2.24, 2.45) is 0 Å². The van der Waals surface area contributed by atoms with E-state index < -0.39 is 32.5 Å². The summed E-state index contributed by atoms with van der Waals surface area (Å²) in [5, 5.41) is -0.371. The lowest BCUT2D eigenvalue weighted by Crippen LogP contribution is -2.41. The molecule has 0 bridgehead atoms. The highest BCUT2D eigenvalue weighted by Crippen LogP contribution is 2.47. The average molecular weight is 639 g/mol. The van der Waals surface area contributed by atoms with Gasteiger partial charge < -0.3 is 9.42 Å². The van der Waals surface area contributed by atoms with Crippen LogP contribution in [0.25, 0.3) is 0 Å². The smallest absolute Gasteiger partial charge is 0.417 e. The number of hydrogen-bond acceptors (Lipinski definition) is 6. The standard InChI is InChI=1S/C25H25Cl2F4N4O3PS/c1-35(2)19-10-14(15-4-3-5-16(24(15)27)25(29,30)31)6-7-21(19)39-38-20-12-18(28)22(11-17(20)26)40(36,37)34-23-8-9-32-13-33-23/h3-5,8-9,11-14,19,21,39H,6-7,10H2,1-2H3,(H,32,33,34)/t14-,19-,21-/m0/s1. The van der Waals surface area contributed by atoms with Crippen LogP contribution in [0.15, 0.2) is 53.8 Å². The van der Waals surface area contributed by atoms with Gasteiger partial charge in [0, 0.05) is 24.0 Å². The van der Waals surface area contributed by atoms with Crippen molar-refractivity contribution < 1.29 is 30.5 Å². The van der Waals surface area contributed by atoms with Gasteiger partial charge in [0.25, 0.3) is 10.0 Å². The number of nitrogens with one attached hydrogen (secondary N) is 1. The van der Waals surface area contributed by atoms with Gasteiger partial charge in [-0.3, -0.25) is 4.72 Å². The van der Waals surface area contributed by atoms with E-state index in [0.29, 0.717) is 24.8 Å².